The molecule has 0 amide bonds. The van der Waals surface area contributed by atoms with Gasteiger partial charge in [-0.05, 0) is 26.7 Å². The molecular formula is C10H16O3. The summed E-state index contributed by atoms with van der Waals surface area (Å²) in [6.07, 6.45) is 2.71. The van der Waals surface area contributed by atoms with E-state index in [1.807, 2.05) is 6.92 Å². The van der Waals surface area contributed by atoms with Gasteiger partial charge in [-0.2, -0.15) is 0 Å². The summed E-state index contributed by atoms with van der Waals surface area (Å²) in [7, 11) is 0. The first kappa shape index (κ1) is 10.3. The topological polar surface area (TPSA) is 46.5 Å². The molecule has 1 aliphatic rings. The Morgan fingerprint density at radius 1 is 1.69 bits per heavy atom. The van der Waals surface area contributed by atoms with Crippen LogP contribution in [0, 0.1) is 5.92 Å². The van der Waals surface area contributed by atoms with Crippen LogP contribution in [0.25, 0.3) is 0 Å². The van der Waals surface area contributed by atoms with E-state index in [1.165, 1.54) is 0 Å². The lowest BCUT2D eigenvalue weighted by molar-refractivity contribution is -0.147. The predicted octanol–water partition coefficient (Wildman–Crippen LogP) is 1.27. The van der Waals surface area contributed by atoms with Crippen molar-refractivity contribution in [3.8, 4) is 0 Å². The summed E-state index contributed by atoms with van der Waals surface area (Å²) < 4.78 is 4.93. The van der Waals surface area contributed by atoms with Crippen LogP contribution in [0.3, 0.4) is 0 Å². The largest absolute Gasteiger partial charge is 0.466 e. The first-order valence-electron chi connectivity index (χ1n) is 4.68. The van der Waals surface area contributed by atoms with Crippen molar-refractivity contribution in [2.24, 2.45) is 5.92 Å². The molecule has 74 valence electrons. The summed E-state index contributed by atoms with van der Waals surface area (Å²) in [5.74, 6) is -0.300. The third kappa shape index (κ3) is 2.56. The molecule has 0 radical (unpaired) electrons. The van der Waals surface area contributed by atoms with E-state index in [9.17, 15) is 9.90 Å². The molecule has 0 bridgehead atoms. The van der Waals surface area contributed by atoms with Gasteiger partial charge in [-0.3, -0.25) is 4.79 Å². The van der Waals surface area contributed by atoms with Gasteiger partial charge in [0.15, 0.2) is 0 Å². The Morgan fingerprint density at radius 2 is 2.38 bits per heavy atom. The van der Waals surface area contributed by atoms with Crippen molar-refractivity contribution < 1.29 is 14.6 Å². The number of aliphatic hydroxyl groups is 1. The summed E-state index contributed by atoms with van der Waals surface area (Å²) in [6, 6.07) is 0. The van der Waals surface area contributed by atoms with Crippen LogP contribution in [0.5, 0.6) is 0 Å². The monoisotopic (exact) mass is 184 g/mol. The van der Waals surface area contributed by atoms with Crippen molar-refractivity contribution in [1.29, 1.82) is 0 Å². The van der Waals surface area contributed by atoms with E-state index in [2.05, 4.69) is 0 Å². The van der Waals surface area contributed by atoms with Crippen LogP contribution in [0.2, 0.25) is 0 Å². The van der Waals surface area contributed by atoms with Gasteiger partial charge in [0.1, 0.15) is 0 Å². The number of hydrogen-bond acceptors (Lipinski definition) is 3. The molecule has 2 atom stereocenters. The summed E-state index contributed by atoms with van der Waals surface area (Å²) in [6.45, 7) is 4.09. The van der Waals surface area contributed by atoms with Crippen LogP contribution in [-0.2, 0) is 9.53 Å². The van der Waals surface area contributed by atoms with Gasteiger partial charge in [-0.15, -0.1) is 0 Å². The number of hydrogen-bond donors (Lipinski definition) is 1. The number of ether oxygens (including phenoxy) is 1. The van der Waals surface area contributed by atoms with Crippen molar-refractivity contribution in [3.05, 3.63) is 11.6 Å². The zero-order chi connectivity index (χ0) is 9.84. The molecule has 3 heteroatoms. The van der Waals surface area contributed by atoms with E-state index >= 15 is 0 Å². The molecule has 3 nitrogen and oxygen atoms in total. The van der Waals surface area contributed by atoms with Crippen molar-refractivity contribution >= 4 is 5.97 Å². The highest BCUT2D eigenvalue weighted by Gasteiger charge is 2.26. The van der Waals surface area contributed by atoms with E-state index in [-0.39, 0.29) is 18.0 Å². The number of carbonyl (C=O) groups excluding carboxylic acids is 1. The molecule has 0 aromatic rings. The van der Waals surface area contributed by atoms with Crippen molar-refractivity contribution in [1.82, 2.24) is 0 Å². The minimum absolute atomic E-state index is 0.136. The average Bonchev–Trinajstić information content (AvgIpc) is 2.04. The summed E-state index contributed by atoms with van der Waals surface area (Å²) in [4.78, 5) is 11.4. The fourth-order valence-corrected chi connectivity index (χ4v) is 1.61. The lowest BCUT2D eigenvalue weighted by Gasteiger charge is -2.22. The van der Waals surface area contributed by atoms with Crippen molar-refractivity contribution in [2.45, 2.75) is 32.8 Å². The summed E-state index contributed by atoms with van der Waals surface area (Å²) >= 11 is 0. The molecular weight excluding hydrogens is 168 g/mol. The SMILES string of the molecule is CCOC(=O)[C@@H]1CC[C@@H](O)C=C1C. The zero-order valence-electron chi connectivity index (χ0n) is 8.12. The molecule has 0 saturated carbocycles. The second-order valence-electron chi connectivity index (χ2n) is 3.36. The van der Waals surface area contributed by atoms with Gasteiger partial charge in [0.25, 0.3) is 0 Å². The van der Waals surface area contributed by atoms with Crippen LogP contribution >= 0.6 is 0 Å². The first-order valence-corrected chi connectivity index (χ1v) is 4.68. The minimum atomic E-state index is -0.384. The number of esters is 1. The molecule has 0 heterocycles. The molecule has 0 unspecified atom stereocenters. The molecule has 0 spiro atoms. The van der Waals surface area contributed by atoms with E-state index in [1.54, 1.807) is 13.0 Å². The van der Waals surface area contributed by atoms with Crippen LogP contribution < -0.4 is 0 Å². The summed E-state index contributed by atoms with van der Waals surface area (Å²) in [5.41, 5.74) is 0.928. The molecule has 0 aromatic carbocycles. The van der Waals surface area contributed by atoms with Gasteiger partial charge < -0.3 is 9.84 Å². The highest BCUT2D eigenvalue weighted by Crippen LogP contribution is 2.25. The fraction of sp³-hybridized carbons (Fsp3) is 0.700. The third-order valence-corrected chi connectivity index (χ3v) is 2.33. The molecule has 0 aliphatic heterocycles. The second-order valence-corrected chi connectivity index (χ2v) is 3.36. The Kier molecular flexibility index (Phi) is 3.48. The van der Waals surface area contributed by atoms with E-state index < -0.39 is 0 Å². The van der Waals surface area contributed by atoms with Crippen LogP contribution in [0.1, 0.15) is 26.7 Å². The van der Waals surface area contributed by atoms with Crippen LogP contribution in [-0.4, -0.2) is 23.8 Å². The standard InChI is InChI=1S/C10H16O3/c1-3-13-10(12)9-5-4-8(11)6-7(9)2/h6,8-9,11H,3-5H2,1-2H3/t8-,9-/m1/s1. The van der Waals surface area contributed by atoms with E-state index in [4.69, 9.17) is 4.74 Å². The van der Waals surface area contributed by atoms with Crippen LogP contribution in [0.4, 0.5) is 0 Å². The smallest absolute Gasteiger partial charge is 0.313 e. The Morgan fingerprint density at radius 3 is 2.92 bits per heavy atom. The maximum absolute atomic E-state index is 11.4. The number of rotatable bonds is 2. The van der Waals surface area contributed by atoms with Gasteiger partial charge in [0, 0.05) is 0 Å². The zero-order valence-corrected chi connectivity index (χ0v) is 8.12. The van der Waals surface area contributed by atoms with Gasteiger partial charge in [0.2, 0.25) is 0 Å². The Bertz CT molecular complexity index is 220. The maximum Gasteiger partial charge on any atom is 0.313 e. The Labute approximate surface area is 78.4 Å². The van der Waals surface area contributed by atoms with Gasteiger partial charge in [-0.25, -0.2) is 0 Å². The third-order valence-electron chi connectivity index (χ3n) is 2.33. The van der Waals surface area contributed by atoms with Crippen LogP contribution in [0.15, 0.2) is 11.6 Å². The summed E-state index contributed by atoms with van der Waals surface area (Å²) in [5, 5.41) is 9.28. The van der Waals surface area contributed by atoms with E-state index in [0.29, 0.717) is 19.4 Å². The van der Waals surface area contributed by atoms with Gasteiger partial charge >= 0.3 is 5.97 Å². The van der Waals surface area contributed by atoms with Gasteiger partial charge in [0.05, 0.1) is 18.6 Å². The number of aliphatic hydroxyl groups excluding tert-OH is 1. The van der Waals surface area contributed by atoms with E-state index in [0.717, 1.165) is 5.57 Å². The highest BCUT2D eigenvalue weighted by molar-refractivity contribution is 5.75. The average molecular weight is 184 g/mol. The second kappa shape index (κ2) is 4.42. The lowest BCUT2D eigenvalue weighted by atomic mass is 9.87. The minimum Gasteiger partial charge on any atom is -0.466 e. The Hall–Kier alpha value is -0.830. The van der Waals surface area contributed by atoms with Crippen molar-refractivity contribution in [2.75, 3.05) is 6.61 Å². The first-order chi connectivity index (χ1) is 6.15. The van der Waals surface area contributed by atoms with Crippen molar-refractivity contribution in [3.63, 3.8) is 0 Å². The molecule has 0 fully saturated rings. The quantitative estimate of drug-likeness (QED) is 0.519. The molecule has 0 saturated heterocycles. The normalized spacial score (nSPS) is 28.1. The molecule has 0 aromatic heterocycles. The molecule has 1 rings (SSSR count). The highest BCUT2D eigenvalue weighted by atomic mass is 16.5. The molecule has 13 heavy (non-hydrogen) atoms. The van der Waals surface area contributed by atoms with Gasteiger partial charge in [-0.1, -0.05) is 11.6 Å². The number of carbonyl (C=O) groups is 1. The predicted molar refractivity (Wildman–Crippen MR) is 49.1 cm³/mol. The lowest BCUT2D eigenvalue weighted by Crippen LogP contribution is -2.24. The Balaban J connectivity index is 2.61. The maximum atomic E-state index is 11.4. The fourth-order valence-electron chi connectivity index (χ4n) is 1.61. The molecule has 1 aliphatic carbocycles. The molecule has 1 N–H and O–H groups in total.